The van der Waals surface area contributed by atoms with Crippen LogP contribution in [0.15, 0.2) is 22.8 Å². The second kappa shape index (κ2) is 4.31. The molecule has 0 atom stereocenters. The Morgan fingerprint density at radius 2 is 2.12 bits per heavy atom. The van der Waals surface area contributed by atoms with Gasteiger partial charge in [0.05, 0.1) is 6.04 Å². The van der Waals surface area contributed by atoms with Crippen molar-refractivity contribution in [2.75, 3.05) is 18.9 Å². The number of nitrogens with zero attached hydrogens (tertiary/aromatic N) is 2. The van der Waals surface area contributed by atoms with Crippen molar-refractivity contribution in [3.8, 4) is 0 Å². The zero-order valence-corrected chi connectivity index (χ0v) is 11.0. The number of fused-ring (bicyclic) bond motifs is 1. The van der Waals surface area contributed by atoms with E-state index in [1.807, 2.05) is 12.1 Å². The van der Waals surface area contributed by atoms with Gasteiger partial charge in [-0.2, -0.15) is 5.10 Å². The lowest BCUT2D eigenvalue weighted by Crippen LogP contribution is -2.19. The lowest BCUT2D eigenvalue weighted by molar-refractivity contribution is 0.0664. The van der Waals surface area contributed by atoms with Gasteiger partial charge in [0.1, 0.15) is 5.52 Å². The van der Waals surface area contributed by atoms with E-state index >= 15 is 0 Å². The molecular weight excluding hydrogens is 282 g/mol. The molecule has 1 saturated heterocycles. The Kier molecular flexibility index (Phi) is 2.80. The average molecular weight is 296 g/mol. The summed E-state index contributed by atoms with van der Waals surface area (Å²) in [6.07, 6.45) is 4.13. The zero-order valence-electron chi connectivity index (χ0n) is 9.40. The summed E-state index contributed by atoms with van der Waals surface area (Å²) in [6.45, 7) is 1.65. The molecule has 4 nitrogen and oxygen atoms in total. The second-order valence-corrected chi connectivity index (χ2v) is 5.25. The Balaban J connectivity index is 2.03. The normalized spacial score (nSPS) is 17.7. The zero-order chi connectivity index (χ0) is 11.8. The quantitative estimate of drug-likeness (QED) is 0.823. The molecule has 90 valence electrons. The van der Waals surface area contributed by atoms with Crippen molar-refractivity contribution in [3.05, 3.63) is 22.8 Å². The average Bonchev–Trinajstić information content (AvgIpc) is 2.74. The molecule has 5 heteroatoms. The molecule has 0 spiro atoms. The molecule has 0 bridgehead atoms. The second-order valence-electron chi connectivity index (χ2n) is 4.39. The Morgan fingerprint density at radius 3 is 2.88 bits per heavy atom. The van der Waals surface area contributed by atoms with E-state index in [0.717, 1.165) is 47.1 Å². The summed E-state index contributed by atoms with van der Waals surface area (Å²) in [5.74, 6) is 0. The Morgan fingerprint density at radius 1 is 1.35 bits per heavy atom. The van der Waals surface area contributed by atoms with Crippen molar-refractivity contribution >= 4 is 32.5 Å². The summed E-state index contributed by atoms with van der Waals surface area (Å²) < 4.78 is 8.38. The highest BCUT2D eigenvalue weighted by molar-refractivity contribution is 9.10. The monoisotopic (exact) mass is 295 g/mol. The highest BCUT2D eigenvalue weighted by atomic mass is 79.9. The van der Waals surface area contributed by atoms with E-state index in [2.05, 4.69) is 31.9 Å². The number of nitrogens with two attached hydrogens (primary N) is 1. The standard InChI is InChI=1S/C12H14BrN3O/c13-11-6-9(14)5-8-7-16(15-12(8)11)10-1-3-17-4-2-10/h5-7,10H,1-4,14H2. The molecule has 3 rings (SSSR count). The van der Waals surface area contributed by atoms with E-state index in [4.69, 9.17) is 10.5 Å². The molecule has 0 unspecified atom stereocenters. The molecule has 1 fully saturated rings. The van der Waals surface area contributed by atoms with Gasteiger partial charge in [-0.3, -0.25) is 4.68 Å². The first kappa shape index (κ1) is 11.0. The first-order chi connectivity index (χ1) is 8.24. The Bertz CT molecular complexity index is 546. The predicted molar refractivity (Wildman–Crippen MR) is 70.9 cm³/mol. The van der Waals surface area contributed by atoms with Gasteiger partial charge in [0.2, 0.25) is 0 Å². The largest absolute Gasteiger partial charge is 0.399 e. The fraction of sp³-hybridized carbons (Fsp3) is 0.417. The van der Waals surface area contributed by atoms with Crippen LogP contribution in [0.3, 0.4) is 0 Å². The lowest BCUT2D eigenvalue weighted by atomic mass is 10.1. The highest BCUT2D eigenvalue weighted by Crippen LogP contribution is 2.28. The maximum Gasteiger partial charge on any atom is 0.107 e. The van der Waals surface area contributed by atoms with E-state index in [-0.39, 0.29) is 0 Å². The molecule has 2 aromatic rings. The van der Waals surface area contributed by atoms with Crippen LogP contribution >= 0.6 is 15.9 Å². The van der Waals surface area contributed by atoms with Gasteiger partial charge in [0.25, 0.3) is 0 Å². The van der Waals surface area contributed by atoms with E-state index in [0.29, 0.717) is 6.04 Å². The first-order valence-electron chi connectivity index (χ1n) is 5.75. The van der Waals surface area contributed by atoms with Crippen molar-refractivity contribution in [1.82, 2.24) is 9.78 Å². The SMILES string of the molecule is Nc1cc(Br)c2nn(C3CCOCC3)cc2c1. The maximum atomic E-state index is 5.83. The van der Waals surface area contributed by atoms with Crippen LogP contribution in [0.1, 0.15) is 18.9 Å². The van der Waals surface area contributed by atoms with Crippen molar-refractivity contribution < 1.29 is 4.74 Å². The van der Waals surface area contributed by atoms with Gasteiger partial charge in [-0.25, -0.2) is 0 Å². The smallest absolute Gasteiger partial charge is 0.107 e. The number of ether oxygens (including phenoxy) is 1. The number of rotatable bonds is 1. The van der Waals surface area contributed by atoms with Crippen LogP contribution in [0.2, 0.25) is 0 Å². The minimum Gasteiger partial charge on any atom is -0.399 e. The number of anilines is 1. The van der Waals surface area contributed by atoms with Crippen LogP contribution < -0.4 is 5.73 Å². The van der Waals surface area contributed by atoms with E-state index in [9.17, 15) is 0 Å². The minimum absolute atomic E-state index is 0.448. The highest BCUT2D eigenvalue weighted by Gasteiger charge is 2.17. The van der Waals surface area contributed by atoms with Gasteiger partial charge >= 0.3 is 0 Å². The molecule has 0 radical (unpaired) electrons. The van der Waals surface area contributed by atoms with Crippen LogP contribution in [0.4, 0.5) is 5.69 Å². The molecule has 1 aliphatic rings. The molecule has 17 heavy (non-hydrogen) atoms. The van der Waals surface area contributed by atoms with Crippen molar-refractivity contribution in [2.45, 2.75) is 18.9 Å². The fourth-order valence-electron chi connectivity index (χ4n) is 2.27. The van der Waals surface area contributed by atoms with Crippen molar-refractivity contribution in [3.63, 3.8) is 0 Å². The van der Waals surface area contributed by atoms with Gasteiger partial charge in [-0.15, -0.1) is 0 Å². The number of benzene rings is 1. The number of hydrogen-bond donors (Lipinski definition) is 1. The predicted octanol–water partition coefficient (Wildman–Crippen LogP) is 2.73. The number of nitrogen functional groups attached to an aromatic ring is 1. The summed E-state index contributed by atoms with van der Waals surface area (Å²) in [7, 11) is 0. The third kappa shape index (κ3) is 2.05. The molecule has 2 N–H and O–H groups in total. The molecule has 0 saturated carbocycles. The summed E-state index contributed by atoms with van der Waals surface area (Å²) in [5.41, 5.74) is 7.56. The van der Waals surface area contributed by atoms with Gasteiger partial charge in [-0.1, -0.05) is 0 Å². The molecular formula is C12H14BrN3O. The first-order valence-corrected chi connectivity index (χ1v) is 6.55. The van der Waals surface area contributed by atoms with Gasteiger partial charge in [0.15, 0.2) is 0 Å². The molecule has 2 heterocycles. The molecule has 1 aromatic heterocycles. The fourth-order valence-corrected chi connectivity index (χ4v) is 2.84. The summed E-state index contributed by atoms with van der Waals surface area (Å²) >= 11 is 3.50. The van der Waals surface area contributed by atoms with Gasteiger partial charge in [-0.05, 0) is 40.9 Å². The van der Waals surface area contributed by atoms with E-state index < -0.39 is 0 Å². The Hall–Kier alpha value is -1.07. The van der Waals surface area contributed by atoms with Gasteiger partial charge < -0.3 is 10.5 Å². The van der Waals surface area contributed by atoms with Crippen LogP contribution in [0.25, 0.3) is 10.9 Å². The molecule has 0 amide bonds. The van der Waals surface area contributed by atoms with Crippen LogP contribution in [0, 0.1) is 0 Å². The van der Waals surface area contributed by atoms with Crippen LogP contribution in [-0.4, -0.2) is 23.0 Å². The van der Waals surface area contributed by atoms with Crippen LogP contribution in [0.5, 0.6) is 0 Å². The van der Waals surface area contributed by atoms with E-state index in [1.165, 1.54) is 0 Å². The number of aromatic nitrogens is 2. The maximum absolute atomic E-state index is 5.83. The molecule has 1 aliphatic heterocycles. The Labute approximate surface area is 108 Å². The number of halogens is 1. The number of hydrogen-bond acceptors (Lipinski definition) is 3. The third-order valence-electron chi connectivity index (χ3n) is 3.17. The van der Waals surface area contributed by atoms with Crippen molar-refractivity contribution in [2.24, 2.45) is 0 Å². The molecule has 0 aliphatic carbocycles. The van der Waals surface area contributed by atoms with Crippen molar-refractivity contribution in [1.29, 1.82) is 0 Å². The third-order valence-corrected chi connectivity index (χ3v) is 3.77. The van der Waals surface area contributed by atoms with Crippen LogP contribution in [-0.2, 0) is 4.74 Å². The molecule has 1 aromatic carbocycles. The van der Waals surface area contributed by atoms with E-state index in [1.54, 1.807) is 0 Å². The minimum atomic E-state index is 0.448. The lowest BCUT2D eigenvalue weighted by Gasteiger charge is -2.22. The summed E-state index contributed by atoms with van der Waals surface area (Å²) in [4.78, 5) is 0. The van der Waals surface area contributed by atoms with Gasteiger partial charge in [0, 0.05) is 35.0 Å². The summed E-state index contributed by atoms with van der Waals surface area (Å²) in [5, 5.41) is 5.72. The summed E-state index contributed by atoms with van der Waals surface area (Å²) in [6, 6.07) is 4.30. The topological polar surface area (TPSA) is 53.1 Å².